The van der Waals surface area contributed by atoms with Gasteiger partial charge in [-0.2, -0.15) is 0 Å². The molecule has 0 radical (unpaired) electrons. The third kappa shape index (κ3) is 8.04. The number of halogens is 2. The highest BCUT2D eigenvalue weighted by molar-refractivity contribution is 6.36. The predicted octanol–water partition coefficient (Wildman–Crippen LogP) is 6.63. The lowest BCUT2D eigenvalue weighted by molar-refractivity contribution is -0.141. The van der Waals surface area contributed by atoms with Gasteiger partial charge >= 0.3 is 0 Å². The molecule has 2 rings (SSSR count). The number of rotatable bonds is 11. The average molecular weight is 492 g/mol. The minimum atomic E-state index is -0.591. The topological polar surface area (TPSA) is 49.4 Å². The number of hydrogen-bond acceptors (Lipinski definition) is 2. The Kier molecular flexibility index (Phi) is 10.7. The van der Waals surface area contributed by atoms with Crippen molar-refractivity contribution in [3.63, 3.8) is 0 Å². The molecule has 0 aliphatic rings. The van der Waals surface area contributed by atoms with E-state index in [9.17, 15) is 9.59 Å². The van der Waals surface area contributed by atoms with Gasteiger partial charge in [0.05, 0.1) is 0 Å². The largest absolute Gasteiger partial charge is 0.354 e. The Morgan fingerprint density at radius 1 is 0.970 bits per heavy atom. The van der Waals surface area contributed by atoms with Gasteiger partial charge in [-0.1, -0.05) is 88.2 Å². The quantitative estimate of drug-likeness (QED) is 0.384. The molecule has 0 saturated heterocycles. The van der Waals surface area contributed by atoms with Gasteiger partial charge in [-0.15, -0.1) is 0 Å². The van der Waals surface area contributed by atoms with Crippen LogP contribution >= 0.6 is 23.2 Å². The van der Waals surface area contributed by atoms with Crippen molar-refractivity contribution in [3.05, 3.63) is 69.2 Å². The van der Waals surface area contributed by atoms with Crippen LogP contribution in [0.3, 0.4) is 0 Å². The maximum atomic E-state index is 13.4. The molecule has 0 aliphatic carbocycles. The van der Waals surface area contributed by atoms with E-state index in [1.54, 1.807) is 23.1 Å². The zero-order chi connectivity index (χ0) is 24.5. The summed E-state index contributed by atoms with van der Waals surface area (Å²) in [4.78, 5) is 28.0. The summed E-state index contributed by atoms with van der Waals surface area (Å²) in [6.45, 7) is 11.1. The Bertz CT molecular complexity index is 906. The molecule has 6 heteroatoms. The second-order valence-electron chi connectivity index (χ2n) is 9.18. The van der Waals surface area contributed by atoms with Gasteiger partial charge in [-0.25, -0.2) is 0 Å². The molecule has 180 valence electrons. The Morgan fingerprint density at radius 3 is 2.09 bits per heavy atom. The summed E-state index contributed by atoms with van der Waals surface area (Å²) in [5, 5.41) is 3.95. The number of carbonyl (C=O) groups is 2. The summed E-state index contributed by atoms with van der Waals surface area (Å²) in [6.07, 6.45) is 1.41. The lowest BCUT2D eigenvalue weighted by Crippen LogP contribution is -2.49. The zero-order valence-corrected chi connectivity index (χ0v) is 21.8. The molecule has 0 saturated carbocycles. The van der Waals surface area contributed by atoms with Crippen molar-refractivity contribution in [2.45, 2.75) is 72.4 Å². The number of benzene rings is 2. The fourth-order valence-electron chi connectivity index (χ4n) is 3.66. The maximum absolute atomic E-state index is 13.4. The number of hydrogen-bond donors (Lipinski definition) is 1. The minimum absolute atomic E-state index is 0.0922. The molecule has 0 bridgehead atoms. The van der Waals surface area contributed by atoms with E-state index in [2.05, 4.69) is 43.4 Å². The molecule has 4 nitrogen and oxygen atoms in total. The van der Waals surface area contributed by atoms with Crippen LogP contribution < -0.4 is 5.32 Å². The Balaban J connectivity index is 2.24. The number of aryl methyl sites for hydroxylation is 1. The smallest absolute Gasteiger partial charge is 0.242 e. The van der Waals surface area contributed by atoms with Crippen LogP contribution in [0.4, 0.5) is 0 Å². The highest BCUT2D eigenvalue weighted by Crippen LogP contribution is 2.27. The van der Waals surface area contributed by atoms with E-state index >= 15 is 0 Å². The lowest BCUT2D eigenvalue weighted by atomic mass is 10.00. The van der Waals surface area contributed by atoms with E-state index in [0.29, 0.717) is 53.3 Å². The third-order valence-electron chi connectivity index (χ3n) is 5.73. The Labute approximate surface area is 208 Å². The minimum Gasteiger partial charge on any atom is -0.354 e. The second-order valence-corrected chi connectivity index (χ2v) is 10.00. The number of nitrogens with one attached hydrogen (secondary N) is 1. The predicted molar refractivity (Wildman–Crippen MR) is 138 cm³/mol. The van der Waals surface area contributed by atoms with Gasteiger partial charge in [-0.05, 0) is 47.9 Å². The molecule has 0 aromatic heterocycles. The van der Waals surface area contributed by atoms with Crippen molar-refractivity contribution in [3.8, 4) is 0 Å². The van der Waals surface area contributed by atoms with E-state index in [1.807, 2.05) is 20.8 Å². The normalized spacial score (nSPS) is 12.2. The summed E-state index contributed by atoms with van der Waals surface area (Å²) >= 11 is 12.8. The van der Waals surface area contributed by atoms with Crippen LogP contribution in [-0.2, 0) is 22.6 Å². The lowest BCUT2D eigenvalue weighted by Gasteiger charge is -2.31. The summed E-state index contributed by atoms with van der Waals surface area (Å²) < 4.78 is 0. The van der Waals surface area contributed by atoms with Crippen LogP contribution in [0, 0.1) is 5.92 Å². The standard InChI is InChI=1S/C27H36Cl2N2O2/c1-6-25(27(33)30-16-18(2)3)31(17-22-23(28)8-7-9-24(22)29)26(32)15-12-20-10-13-21(14-11-20)19(4)5/h7-11,13-14,18-19,25H,6,12,15-17H2,1-5H3,(H,30,33)/t25-/m1/s1. The molecule has 0 unspecified atom stereocenters. The van der Waals surface area contributed by atoms with Gasteiger partial charge < -0.3 is 10.2 Å². The van der Waals surface area contributed by atoms with Crippen molar-refractivity contribution >= 4 is 35.0 Å². The first kappa shape index (κ1) is 27.2. The molecule has 1 atom stereocenters. The van der Waals surface area contributed by atoms with Crippen LogP contribution in [0.5, 0.6) is 0 Å². The van der Waals surface area contributed by atoms with E-state index in [1.165, 1.54) is 5.56 Å². The Morgan fingerprint density at radius 2 is 1.58 bits per heavy atom. The molecule has 0 aliphatic heterocycles. The summed E-state index contributed by atoms with van der Waals surface area (Å²) in [7, 11) is 0. The highest BCUT2D eigenvalue weighted by Gasteiger charge is 2.29. The van der Waals surface area contributed by atoms with Crippen molar-refractivity contribution in [1.82, 2.24) is 10.2 Å². The molecule has 0 heterocycles. The first-order chi connectivity index (χ1) is 15.6. The van der Waals surface area contributed by atoms with Gasteiger partial charge in [-0.3, -0.25) is 9.59 Å². The van der Waals surface area contributed by atoms with Gasteiger partial charge in [0.1, 0.15) is 6.04 Å². The second kappa shape index (κ2) is 13.0. The first-order valence-electron chi connectivity index (χ1n) is 11.7. The summed E-state index contributed by atoms with van der Waals surface area (Å²) in [5.41, 5.74) is 3.03. The molecule has 0 spiro atoms. The molecule has 2 amide bonds. The van der Waals surface area contributed by atoms with Crippen LogP contribution in [0.1, 0.15) is 70.1 Å². The number of carbonyl (C=O) groups excluding carboxylic acids is 2. The molecular formula is C27H36Cl2N2O2. The number of amides is 2. The highest BCUT2D eigenvalue weighted by atomic mass is 35.5. The summed E-state index contributed by atoms with van der Waals surface area (Å²) in [5.74, 6) is 0.545. The van der Waals surface area contributed by atoms with Crippen LogP contribution in [-0.4, -0.2) is 29.3 Å². The zero-order valence-electron chi connectivity index (χ0n) is 20.3. The fraction of sp³-hybridized carbons (Fsp3) is 0.481. The van der Waals surface area contributed by atoms with Crippen LogP contribution in [0.2, 0.25) is 10.0 Å². The van der Waals surface area contributed by atoms with E-state index < -0.39 is 6.04 Å². The Hall–Kier alpha value is -2.04. The molecule has 33 heavy (non-hydrogen) atoms. The molecule has 1 N–H and O–H groups in total. The molecule has 2 aromatic rings. The van der Waals surface area contributed by atoms with E-state index in [0.717, 1.165) is 5.56 Å². The third-order valence-corrected chi connectivity index (χ3v) is 6.44. The SMILES string of the molecule is CC[C@H](C(=O)NCC(C)C)N(Cc1c(Cl)cccc1Cl)C(=O)CCc1ccc(C(C)C)cc1. The summed E-state index contributed by atoms with van der Waals surface area (Å²) in [6, 6.07) is 13.1. The van der Waals surface area contributed by atoms with Crippen molar-refractivity contribution in [2.75, 3.05) is 6.54 Å². The monoisotopic (exact) mass is 490 g/mol. The van der Waals surface area contributed by atoms with Crippen molar-refractivity contribution in [1.29, 1.82) is 0 Å². The van der Waals surface area contributed by atoms with Gasteiger partial charge in [0.15, 0.2) is 0 Å². The van der Waals surface area contributed by atoms with Crippen molar-refractivity contribution < 1.29 is 9.59 Å². The van der Waals surface area contributed by atoms with Crippen LogP contribution in [0.15, 0.2) is 42.5 Å². The van der Waals surface area contributed by atoms with E-state index in [4.69, 9.17) is 23.2 Å². The molecular weight excluding hydrogens is 455 g/mol. The first-order valence-corrected chi connectivity index (χ1v) is 12.5. The fourth-order valence-corrected chi connectivity index (χ4v) is 4.18. The van der Waals surface area contributed by atoms with Gasteiger partial charge in [0.2, 0.25) is 11.8 Å². The maximum Gasteiger partial charge on any atom is 0.242 e. The van der Waals surface area contributed by atoms with Gasteiger partial charge in [0, 0.05) is 35.1 Å². The van der Waals surface area contributed by atoms with Crippen molar-refractivity contribution in [2.24, 2.45) is 5.92 Å². The number of nitrogens with zero attached hydrogens (tertiary/aromatic N) is 1. The van der Waals surface area contributed by atoms with E-state index in [-0.39, 0.29) is 18.4 Å². The van der Waals surface area contributed by atoms with Gasteiger partial charge in [0.25, 0.3) is 0 Å². The average Bonchev–Trinajstić information content (AvgIpc) is 2.78. The molecule has 0 fully saturated rings. The molecule has 2 aromatic carbocycles. The van der Waals surface area contributed by atoms with Crippen LogP contribution in [0.25, 0.3) is 0 Å².